The molecule has 1 aliphatic rings. The minimum absolute atomic E-state index is 0.115. The van der Waals surface area contributed by atoms with Gasteiger partial charge in [0, 0.05) is 5.02 Å². The number of halogens is 1. The molecular weight excluding hydrogens is 422 g/mol. The van der Waals surface area contributed by atoms with Crippen LogP contribution in [0, 0.1) is 5.92 Å². The van der Waals surface area contributed by atoms with Gasteiger partial charge >= 0.3 is 6.09 Å². The van der Waals surface area contributed by atoms with E-state index in [1.165, 1.54) is 15.7 Å². The van der Waals surface area contributed by atoms with E-state index < -0.39 is 12.0 Å². The molecule has 4 rings (SSSR count). The first-order chi connectivity index (χ1) is 15.4. The lowest BCUT2D eigenvalue weighted by Crippen LogP contribution is -2.44. The number of benzene rings is 3. The fraction of sp³-hybridized carbons (Fsp3) is 0.259. The number of amides is 2. The highest BCUT2D eigenvalue weighted by Gasteiger charge is 2.42. The average molecular weight is 448 g/mol. The van der Waals surface area contributed by atoms with Crippen molar-refractivity contribution in [3.8, 4) is 0 Å². The molecule has 0 aliphatic carbocycles. The van der Waals surface area contributed by atoms with E-state index in [2.05, 4.69) is 30.3 Å². The third-order valence-electron chi connectivity index (χ3n) is 5.94. The second kappa shape index (κ2) is 9.58. The van der Waals surface area contributed by atoms with E-state index in [0.29, 0.717) is 11.4 Å². The number of carbonyl (C=O) groups is 2. The van der Waals surface area contributed by atoms with Gasteiger partial charge in [0.05, 0.1) is 12.0 Å². The third-order valence-corrected chi connectivity index (χ3v) is 6.19. The zero-order valence-electron chi connectivity index (χ0n) is 18.2. The monoisotopic (exact) mass is 447 g/mol. The maximum Gasteiger partial charge on any atom is 0.417 e. The van der Waals surface area contributed by atoms with Gasteiger partial charge in [0.15, 0.2) is 0 Å². The molecule has 3 aromatic rings. The minimum atomic E-state index is -0.564. The molecule has 0 aromatic heterocycles. The molecule has 32 heavy (non-hydrogen) atoms. The van der Waals surface area contributed by atoms with Gasteiger partial charge in [-0.1, -0.05) is 86.1 Å². The number of ether oxygens (including phenoxy) is 1. The summed E-state index contributed by atoms with van der Waals surface area (Å²) < 4.78 is 5.21. The Morgan fingerprint density at radius 3 is 2.53 bits per heavy atom. The normalized spacial score (nSPS) is 17.3. The molecule has 4 nitrogen and oxygen atoms in total. The quantitative estimate of drug-likeness (QED) is 0.423. The number of nitrogens with zero attached hydrogens (tertiary/aromatic N) is 1. The Morgan fingerprint density at radius 1 is 1.09 bits per heavy atom. The zero-order valence-corrected chi connectivity index (χ0v) is 19.0. The number of fused-ring (bicyclic) bond motifs is 1. The molecule has 0 unspecified atom stereocenters. The highest BCUT2D eigenvalue weighted by molar-refractivity contribution is 6.30. The van der Waals surface area contributed by atoms with Crippen LogP contribution in [0.2, 0.25) is 5.02 Å². The molecule has 0 spiro atoms. The van der Waals surface area contributed by atoms with Gasteiger partial charge in [-0.3, -0.25) is 4.79 Å². The Morgan fingerprint density at radius 2 is 1.81 bits per heavy atom. The molecule has 0 N–H and O–H groups in total. The Kier molecular flexibility index (Phi) is 6.61. The van der Waals surface area contributed by atoms with Gasteiger partial charge in [-0.05, 0) is 52.4 Å². The Bertz CT molecular complexity index is 1150. The van der Waals surface area contributed by atoms with Crippen molar-refractivity contribution in [3.63, 3.8) is 0 Å². The zero-order chi connectivity index (χ0) is 22.7. The SMILES string of the molecule is CC(C)[C@@H]1COC(=O)N1C(=O)[C@@H](CC=Cc1ccc2ccccc2c1)c1ccc(Cl)cc1. The van der Waals surface area contributed by atoms with Crippen LogP contribution in [0.5, 0.6) is 0 Å². The number of rotatable bonds is 6. The van der Waals surface area contributed by atoms with Crippen molar-refractivity contribution in [2.24, 2.45) is 5.92 Å². The van der Waals surface area contributed by atoms with Gasteiger partial charge in [0.2, 0.25) is 5.91 Å². The molecule has 164 valence electrons. The molecule has 0 bridgehead atoms. The van der Waals surface area contributed by atoms with Crippen LogP contribution in [0.1, 0.15) is 37.3 Å². The Balaban J connectivity index is 1.60. The lowest BCUT2D eigenvalue weighted by molar-refractivity contribution is -0.131. The van der Waals surface area contributed by atoms with Crippen LogP contribution in [0.4, 0.5) is 4.79 Å². The summed E-state index contributed by atoms with van der Waals surface area (Å²) in [6.45, 7) is 4.22. The first-order valence-corrected chi connectivity index (χ1v) is 11.2. The number of imide groups is 1. The van der Waals surface area contributed by atoms with Crippen molar-refractivity contribution in [1.82, 2.24) is 4.90 Å². The highest BCUT2D eigenvalue weighted by atomic mass is 35.5. The lowest BCUT2D eigenvalue weighted by atomic mass is 9.92. The minimum Gasteiger partial charge on any atom is -0.447 e. The van der Waals surface area contributed by atoms with Crippen molar-refractivity contribution >= 4 is 40.4 Å². The van der Waals surface area contributed by atoms with E-state index in [0.717, 1.165) is 11.1 Å². The molecule has 1 heterocycles. The molecular formula is C27H26ClNO3. The number of carbonyl (C=O) groups excluding carboxylic acids is 2. The highest BCUT2D eigenvalue weighted by Crippen LogP contribution is 2.30. The summed E-state index contributed by atoms with van der Waals surface area (Å²) in [5.41, 5.74) is 1.89. The topological polar surface area (TPSA) is 46.6 Å². The van der Waals surface area contributed by atoms with E-state index in [4.69, 9.17) is 16.3 Å². The molecule has 5 heteroatoms. The van der Waals surface area contributed by atoms with Crippen molar-refractivity contribution < 1.29 is 14.3 Å². The first kappa shape index (κ1) is 22.1. The summed E-state index contributed by atoms with van der Waals surface area (Å²) in [5.74, 6) is -0.628. The molecule has 0 saturated carbocycles. The van der Waals surface area contributed by atoms with Gasteiger partial charge in [0.1, 0.15) is 6.61 Å². The van der Waals surface area contributed by atoms with Gasteiger partial charge < -0.3 is 4.74 Å². The van der Waals surface area contributed by atoms with Crippen LogP contribution in [-0.2, 0) is 9.53 Å². The third kappa shape index (κ3) is 4.71. The van der Waals surface area contributed by atoms with Gasteiger partial charge in [-0.15, -0.1) is 0 Å². The Hall–Kier alpha value is -3.11. The maximum absolute atomic E-state index is 13.5. The lowest BCUT2D eigenvalue weighted by Gasteiger charge is -2.26. The smallest absolute Gasteiger partial charge is 0.417 e. The summed E-state index contributed by atoms with van der Waals surface area (Å²) in [7, 11) is 0. The summed E-state index contributed by atoms with van der Waals surface area (Å²) in [4.78, 5) is 27.2. The number of hydrogen-bond acceptors (Lipinski definition) is 3. The predicted octanol–water partition coefficient (Wildman–Crippen LogP) is 6.68. The van der Waals surface area contributed by atoms with E-state index in [1.807, 2.05) is 50.3 Å². The summed E-state index contributed by atoms with van der Waals surface area (Å²) >= 11 is 6.06. The van der Waals surface area contributed by atoms with E-state index in [-0.39, 0.29) is 24.5 Å². The fourth-order valence-electron chi connectivity index (χ4n) is 4.07. The number of allylic oxidation sites excluding steroid dienone is 1. The second-order valence-corrected chi connectivity index (χ2v) is 8.88. The molecule has 1 saturated heterocycles. The van der Waals surface area contributed by atoms with Crippen molar-refractivity contribution in [2.45, 2.75) is 32.2 Å². The van der Waals surface area contributed by atoms with Crippen LogP contribution in [0.3, 0.4) is 0 Å². The van der Waals surface area contributed by atoms with E-state index >= 15 is 0 Å². The van der Waals surface area contributed by atoms with E-state index in [9.17, 15) is 9.59 Å². The molecule has 3 aromatic carbocycles. The molecule has 1 aliphatic heterocycles. The van der Waals surface area contributed by atoms with Crippen LogP contribution < -0.4 is 0 Å². The summed E-state index contributed by atoms with van der Waals surface area (Å²) in [6, 6.07) is 21.5. The fourth-order valence-corrected chi connectivity index (χ4v) is 4.20. The molecule has 2 atom stereocenters. The predicted molar refractivity (Wildman–Crippen MR) is 129 cm³/mol. The van der Waals surface area contributed by atoms with Crippen LogP contribution in [-0.4, -0.2) is 29.5 Å². The molecule has 1 fully saturated rings. The van der Waals surface area contributed by atoms with Gasteiger partial charge in [0.25, 0.3) is 0 Å². The second-order valence-electron chi connectivity index (χ2n) is 8.45. The Labute approximate surface area is 193 Å². The largest absolute Gasteiger partial charge is 0.447 e. The van der Waals surface area contributed by atoms with Crippen LogP contribution >= 0.6 is 11.6 Å². The number of cyclic esters (lactones) is 1. The van der Waals surface area contributed by atoms with Crippen molar-refractivity contribution in [2.75, 3.05) is 6.61 Å². The van der Waals surface area contributed by atoms with Crippen LogP contribution in [0.25, 0.3) is 16.8 Å². The van der Waals surface area contributed by atoms with Gasteiger partial charge in [-0.25, -0.2) is 9.69 Å². The number of hydrogen-bond donors (Lipinski definition) is 0. The van der Waals surface area contributed by atoms with Gasteiger partial charge in [-0.2, -0.15) is 0 Å². The maximum atomic E-state index is 13.5. The van der Waals surface area contributed by atoms with E-state index in [1.54, 1.807) is 12.1 Å². The van der Waals surface area contributed by atoms with Crippen molar-refractivity contribution in [3.05, 3.63) is 89.0 Å². The van der Waals surface area contributed by atoms with Crippen molar-refractivity contribution in [1.29, 1.82) is 0 Å². The summed E-state index contributed by atoms with van der Waals surface area (Å²) in [6.07, 6.45) is 3.91. The first-order valence-electron chi connectivity index (χ1n) is 10.8. The summed E-state index contributed by atoms with van der Waals surface area (Å²) in [5, 5.41) is 2.96. The average Bonchev–Trinajstić information content (AvgIpc) is 3.19. The standard InChI is InChI=1S/C27H26ClNO3/c1-18(2)25-17-32-27(31)29(25)26(30)24(21-12-14-23(28)15-13-21)9-5-6-19-10-11-20-7-3-4-8-22(20)16-19/h3-8,10-16,18,24-25H,9,17H2,1-2H3/t24-,25-/m0/s1. The molecule has 2 amide bonds. The molecule has 0 radical (unpaired) electrons. The van der Waals surface area contributed by atoms with Crippen LogP contribution in [0.15, 0.2) is 72.8 Å².